The maximum absolute atomic E-state index is 13.0. The number of benzene rings is 2. The van der Waals surface area contributed by atoms with E-state index < -0.39 is 16.1 Å². The number of anilines is 2. The molecule has 1 N–H and O–H groups in total. The number of hydrogen-bond acceptors (Lipinski definition) is 6. The van der Waals surface area contributed by atoms with Crippen LogP contribution in [0.2, 0.25) is 0 Å². The number of hydrogen-bond donors (Lipinski definition) is 1. The lowest BCUT2D eigenvalue weighted by Crippen LogP contribution is -2.37. The summed E-state index contributed by atoms with van der Waals surface area (Å²) in [4.78, 5) is 14.5. The van der Waals surface area contributed by atoms with Crippen molar-refractivity contribution in [3.05, 3.63) is 42.0 Å². The van der Waals surface area contributed by atoms with Crippen LogP contribution < -0.4 is 19.1 Å². The number of carbonyl (C=O) groups is 1. The van der Waals surface area contributed by atoms with E-state index in [4.69, 9.17) is 14.2 Å². The van der Waals surface area contributed by atoms with E-state index in [0.717, 1.165) is 18.4 Å². The highest BCUT2D eigenvalue weighted by Gasteiger charge is 2.33. The summed E-state index contributed by atoms with van der Waals surface area (Å²) in [6.45, 7) is 1.16. The molecule has 4 rings (SSSR count). The van der Waals surface area contributed by atoms with Crippen LogP contribution in [0.15, 0.2) is 41.3 Å². The Morgan fingerprint density at radius 1 is 1.17 bits per heavy atom. The number of sulfonamides is 1. The summed E-state index contributed by atoms with van der Waals surface area (Å²) in [7, 11) is -1.07. The van der Waals surface area contributed by atoms with Gasteiger partial charge in [-0.05, 0) is 49.1 Å². The molecule has 2 aromatic carbocycles. The molecule has 0 saturated carbocycles. The molecule has 1 amide bonds. The lowest BCUT2D eigenvalue weighted by molar-refractivity contribution is -0.127. The molecular weight excluding hydrogens is 408 g/mol. The Hall–Kier alpha value is -2.78. The third-order valence-corrected chi connectivity index (χ3v) is 6.77. The van der Waals surface area contributed by atoms with Crippen molar-refractivity contribution in [3.63, 3.8) is 0 Å². The Morgan fingerprint density at radius 2 is 2.00 bits per heavy atom. The summed E-state index contributed by atoms with van der Waals surface area (Å²) in [5.74, 6) is 0.541. The van der Waals surface area contributed by atoms with Crippen LogP contribution in [-0.4, -0.2) is 47.8 Å². The number of ether oxygens (including phenoxy) is 3. The summed E-state index contributed by atoms with van der Waals surface area (Å²) >= 11 is 0. The molecule has 0 radical (unpaired) electrons. The third-order valence-electron chi connectivity index (χ3n) is 5.36. The van der Waals surface area contributed by atoms with Crippen LogP contribution in [0.4, 0.5) is 11.4 Å². The van der Waals surface area contributed by atoms with E-state index >= 15 is 0 Å². The summed E-state index contributed by atoms with van der Waals surface area (Å²) in [5, 5.41) is 0. The van der Waals surface area contributed by atoms with Gasteiger partial charge in [0.05, 0.1) is 19.9 Å². The standard InChI is InChI=1S/C21H24N2O6S/c1-27-16-7-8-18(28-2)20(13-16)30(25,26)22-15-6-5-14-9-10-23(17(14)12-15)21(24)19-4-3-11-29-19/h5-8,12-13,19,22H,3-4,9-11H2,1-2H3/t19-/m1/s1. The average molecular weight is 432 g/mol. The Bertz CT molecular complexity index is 1060. The number of carbonyl (C=O) groups excluding carboxylic acids is 1. The normalized spacial score (nSPS) is 18.2. The number of nitrogens with zero attached hydrogens (tertiary/aromatic N) is 1. The van der Waals surface area contributed by atoms with Crippen molar-refractivity contribution in [1.29, 1.82) is 0 Å². The van der Waals surface area contributed by atoms with E-state index in [9.17, 15) is 13.2 Å². The molecule has 0 bridgehead atoms. The molecule has 2 aliphatic heterocycles. The summed E-state index contributed by atoms with van der Waals surface area (Å²) in [5.41, 5.74) is 2.09. The summed E-state index contributed by atoms with van der Waals surface area (Å²) in [6.07, 6.45) is 1.90. The number of rotatable bonds is 6. The lowest BCUT2D eigenvalue weighted by atomic mass is 10.1. The molecule has 0 aromatic heterocycles. The van der Waals surface area contributed by atoms with Crippen LogP contribution in [0.3, 0.4) is 0 Å². The second-order valence-corrected chi connectivity index (χ2v) is 8.86. The number of fused-ring (bicyclic) bond motifs is 1. The van der Waals surface area contributed by atoms with Crippen LogP contribution in [0.5, 0.6) is 11.5 Å². The molecule has 8 nitrogen and oxygen atoms in total. The van der Waals surface area contributed by atoms with Crippen LogP contribution in [-0.2, 0) is 26.0 Å². The van der Waals surface area contributed by atoms with Crippen LogP contribution >= 0.6 is 0 Å². The molecular formula is C21H24N2O6S. The maximum atomic E-state index is 13.0. The predicted molar refractivity (Wildman–Crippen MR) is 112 cm³/mol. The molecule has 2 heterocycles. The first-order chi connectivity index (χ1) is 14.4. The molecule has 160 valence electrons. The smallest absolute Gasteiger partial charge is 0.265 e. The third kappa shape index (κ3) is 3.82. The van der Waals surface area contributed by atoms with E-state index in [0.29, 0.717) is 36.7 Å². The van der Waals surface area contributed by atoms with E-state index in [-0.39, 0.29) is 16.6 Å². The van der Waals surface area contributed by atoms with Gasteiger partial charge in [0.1, 0.15) is 22.5 Å². The van der Waals surface area contributed by atoms with E-state index in [1.165, 1.54) is 26.4 Å². The van der Waals surface area contributed by atoms with E-state index in [1.54, 1.807) is 23.1 Å². The second-order valence-electron chi connectivity index (χ2n) is 7.21. The molecule has 2 aliphatic rings. The molecule has 1 saturated heterocycles. The predicted octanol–water partition coefficient (Wildman–Crippen LogP) is 2.57. The molecule has 2 aromatic rings. The topological polar surface area (TPSA) is 94.2 Å². The Kier molecular flexibility index (Phi) is 5.57. The highest BCUT2D eigenvalue weighted by molar-refractivity contribution is 7.92. The van der Waals surface area contributed by atoms with Gasteiger partial charge in [-0.2, -0.15) is 0 Å². The van der Waals surface area contributed by atoms with Crippen molar-refractivity contribution in [1.82, 2.24) is 0 Å². The highest BCUT2D eigenvalue weighted by Crippen LogP contribution is 2.34. The van der Waals surface area contributed by atoms with E-state index in [1.807, 2.05) is 6.07 Å². The molecule has 0 spiro atoms. The Balaban J connectivity index is 1.62. The van der Waals surface area contributed by atoms with Crippen molar-refractivity contribution in [2.75, 3.05) is 37.0 Å². The van der Waals surface area contributed by atoms with Crippen molar-refractivity contribution in [2.24, 2.45) is 0 Å². The van der Waals surface area contributed by atoms with Crippen molar-refractivity contribution in [3.8, 4) is 11.5 Å². The van der Waals surface area contributed by atoms with Gasteiger partial charge >= 0.3 is 0 Å². The zero-order chi connectivity index (χ0) is 21.3. The van der Waals surface area contributed by atoms with Gasteiger partial charge in [-0.25, -0.2) is 8.42 Å². The minimum atomic E-state index is -3.94. The molecule has 0 unspecified atom stereocenters. The molecule has 30 heavy (non-hydrogen) atoms. The zero-order valence-electron chi connectivity index (χ0n) is 16.9. The quantitative estimate of drug-likeness (QED) is 0.754. The van der Waals surface area contributed by atoms with Crippen LogP contribution in [0.25, 0.3) is 0 Å². The average Bonchev–Trinajstić information content (AvgIpc) is 3.42. The molecule has 1 atom stereocenters. The second kappa shape index (κ2) is 8.16. The van der Waals surface area contributed by atoms with Gasteiger partial charge in [0.15, 0.2) is 0 Å². The highest BCUT2D eigenvalue weighted by atomic mass is 32.2. The minimum absolute atomic E-state index is 0.0304. The first-order valence-corrected chi connectivity index (χ1v) is 11.2. The fourth-order valence-electron chi connectivity index (χ4n) is 3.82. The fourth-order valence-corrected chi connectivity index (χ4v) is 5.06. The van der Waals surface area contributed by atoms with Gasteiger partial charge in [-0.1, -0.05) is 6.07 Å². The number of amides is 1. The van der Waals surface area contributed by atoms with Crippen LogP contribution in [0, 0.1) is 0 Å². The Labute approximate surface area is 175 Å². The van der Waals surface area contributed by atoms with Gasteiger partial charge in [0.2, 0.25) is 0 Å². The molecule has 0 aliphatic carbocycles. The monoisotopic (exact) mass is 432 g/mol. The van der Waals surface area contributed by atoms with Gasteiger partial charge in [-0.15, -0.1) is 0 Å². The van der Waals surface area contributed by atoms with Gasteiger partial charge in [0.25, 0.3) is 15.9 Å². The molecule has 9 heteroatoms. The van der Waals surface area contributed by atoms with E-state index in [2.05, 4.69) is 4.72 Å². The van der Waals surface area contributed by atoms with Crippen molar-refractivity contribution < 1.29 is 27.4 Å². The summed E-state index contributed by atoms with van der Waals surface area (Å²) in [6, 6.07) is 9.81. The first kappa shape index (κ1) is 20.5. The van der Waals surface area contributed by atoms with Gasteiger partial charge < -0.3 is 19.1 Å². The van der Waals surface area contributed by atoms with Crippen LogP contribution in [0.1, 0.15) is 18.4 Å². The Morgan fingerprint density at radius 3 is 2.70 bits per heavy atom. The van der Waals surface area contributed by atoms with Crippen molar-refractivity contribution in [2.45, 2.75) is 30.3 Å². The molecule has 1 fully saturated rings. The zero-order valence-corrected chi connectivity index (χ0v) is 17.7. The minimum Gasteiger partial charge on any atom is -0.497 e. The van der Waals surface area contributed by atoms with Gasteiger partial charge in [0, 0.05) is 24.9 Å². The lowest BCUT2D eigenvalue weighted by Gasteiger charge is -2.21. The van der Waals surface area contributed by atoms with Gasteiger partial charge in [-0.3, -0.25) is 9.52 Å². The maximum Gasteiger partial charge on any atom is 0.265 e. The first-order valence-electron chi connectivity index (χ1n) is 9.73. The fraction of sp³-hybridized carbons (Fsp3) is 0.381. The largest absolute Gasteiger partial charge is 0.497 e. The SMILES string of the molecule is COc1ccc(OC)c(S(=O)(=O)Nc2ccc3c(c2)N(C(=O)[C@H]2CCCO2)CC3)c1. The number of methoxy groups -OCH3 is 2. The number of nitrogens with one attached hydrogen (secondary N) is 1. The summed E-state index contributed by atoms with van der Waals surface area (Å²) < 4.78 is 44.5. The van der Waals surface area contributed by atoms with Crippen molar-refractivity contribution >= 4 is 27.3 Å².